The molecular weight excluding hydrogens is 282 g/mol. The molecule has 0 fully saturated rings. The van der Waals surface area contributed by atoms with Crippen molar-refractivity contribution in [2.45, 2.75) is 25.1 Å². The fourth-order valence-corrected chi connectivity index (χ4v) is 1.81. The summed E-state index contributed by atoms with van der Waals surface area (Å²) in [7, 11) is 5.77. The molecule has 1 rings (SSSR count). The number of aromatic nitrogens is 1. The highest BCUT2D eigenvalue weighted by Crippen LogP contribution is 2.19. The number of aliphatic imine (C=N–C) groups is 1. The molecule has 0 atom stereocenters. The Hall–Kier alpha value is -1.43. The van der Waals surface area contributed by atoms with Gasteiger partial charge < -0.3 is 15.5 Å². The van der Waals surface area contributed by atoms with Gasteiger partial charge in [-0.25, -0.2) is 4.98 Å². The third-order valence-corrected chi connectivity index (χ3v) is 4.44. The number of hydrogen-bond acceptors (Lipinski definition) is 4. The quantitative estimate of drug-likeness (QED) is 0.621. The molecule has 0 amide bonds. The van der Waals surface area contributed by atoms with Gasteiger partial charge in [-0.15, -0.1) is 0 Å². The first-order valence-corrected chi connectivity index (χ1v) is 8.22. The van der Waals surface area contributed by atoms with E-state index in [-0.39, 0.29) is 4.75 Å². The summed E-state index contributed by atoms with van der Waals surface area (Å²) in [4.78, 5) is 10.6. The lowest BCUT2D eigenvalue weighted by atomic mass is 10.2. The molecule has 0 radical (unpaired) electrons. The Balaban J connectivity index is 2.54. The number of nitrogens with one attached hydrogen (secondary N) is 2. The first-order chi connectivity index (χ1) is 9.88. The fraction of sp³-hybridized carbons (Fsp3) is 0.600. The summed E-state index contributed by atoms with van der Waals surface area (Å²) in [5.41, 5.74) is 1.18. The van der Waals surface area contributed by atoms with Gasteiger partial charge in [0.05, 0.1) is 0 Å². The van der Waals surface area contributed by atoms with Crippen LogP contribution >= 0.6 is 11.8 Å². The van der Waals surface area contributed by atoms with Crippen molar-refractivity contribution in [3.63, 3.8) is 0 Å². The minimum absolute atomic E-state index is 0.187. The van der Waals surface area contributed by atoms with E-state index in [1.807, 2.05) is 43.0 Å². The summed E-state index contributed by atoms with van der Waals surface area (Å²) < 4.78 is 0.187. The van der Waals surface area contributed by atoms with Crippen LogP contribution in [0.1, 0.15) is 19.4 Å². The Morgan fingerprint density at radius 2 is 2.10 bits per heavy atom. The first-order valence-electron chi connectivity index (χ1n) is 7.00. The lowest BCUT2D eigenvalue weighted by molar-refractivity contribution is 0.664. The van der Waals surface area contributed by atoms with Crippen LogP contribution in [-0.2, 0) is 6.54 Å². The predicted octanol–water partition coefficient (Wildman–Crippen LogP) is 1.95. The maximum absolute atomic E-state index is 4.32. The fourth-order valence-electron chi connectivity index (χ4n) is 1.59. The minimum Gasteiger partial charge on any atom is -0.363 e. The second-order valence-electron chi connectivity index (χ2n) is 5.66. The van der Waals surface area contributed by atoms with E-state index in [2.05, 4.69) is 46.8 Å². The molecule has 6 heteroatoms. The van der Waals surface area contributed by atoms with Crippen LogP contribution < -0.4 is 15.5 Å². The zero-order valence-corrected chi connectivity index (χ0v) is 14.7. The minimum atomic E-state index is 0.187. The maximum Gasteiger partial charge on any atom is 0.191 e. The topological polar surface area (TPSA) is 52.6 Å². The number of thioether (sulfide) groups is 1. The third kappa shape index (κ3) is 6.25. The van der Waals surface area contributed by atoms with Crippen LogP contribution in [0.4, 0.5) is 5.82 Å². The van der Waals surface area contributed by atoms with Gasteiger partial charge in [-0.1, -0.05) is 0 Å². The lowest BCUT2D eigenvalue weighted by Crippen LogP contribution is -2.43. The molecule has 21 heavy (non-hydrogen) atoms. The van der Waals surface area contributed by atoms with E-state index in [0.717, 1.165) is 24.9 Å². The highest BCUT2D eigenvalue weighted by atomic mass is 32.2. The van der Waals surface area contributed by atoms with E-state index in [4.69, 9.17) is 0 Å². The van der Waals surface area contributed by atoms with Gasteiger partial charge in [0.1, 0.15) is 5.82 Å². The first kappa shape index (κ1) is 17.6. The molecule has 1 heterocycles. The van der Waals surface area contributed by atoms with E-state index in [1.165, 1.54) is 5.56 Å². The molecule has 1 aromatic rings. The van der Waals surface area contributed by atoms with Crippen molar-refractivity contribution in [3.05, 3.63) is 23.9 Å². The number of rotatable bonds is 6. The normalized spacial score (nSPS) is 12.2. The summed E-state index contributed by atoms with van der Waals surface area (Å²) in [6.45, 7) is 6.02. The average Bonchev–Trinajstić information content (AvgIpc) is 2.47. The molecule has 0 bridgehead atoms. The van der Waals surface area contributed by atoms with Gasteiger partial charge in [-0.05, 0) is 37.8 Å². The van der Waals surface area contributed by atoms with Gasteiger partial charge in [0.2, 0.25) is 0 Å². The highest BCUT2D eigenvalue weighted by Gasteiger charge is 2.16. The molecule has 0 spiro atoms. The average molecular weight is 309 g/mol. The number of pyridine rings is 1. The Morgan fingerprint density at radius 3 is 2.67 bits per heavy atom. The van der Waals surface area contributed by atoms with Gasteiger partial charge in [-0.3, -0.25) is 4.99 Å². The summed E-state index contributed by atoms with van der Waals surface area (Å²) in [6, 6.07) is 4.09. The van der Waals surface area contributed by atoms with Crippen molar-refractivity contribution in [1.29, 1.82) is 0 Å². The van der Waals surface area contributed by atoms with Crippen LogP contribution in [0, 0.1) is 0 Å². The van der Waals surface area contributed by atoms with Crippen molar-refractivity contribution in [3.8, 4) is 0 Å². The second kappa shape index (κ2) is 8.12. The van der Waals surface area contributed by atoms with Crippen LogP contribution in [-0.4, -0.2) is 49.6 Å². The van der Waals surface area contributed by atoms with Crippen molar-refractivity contribution < 1.29 is 0 Å². The standard InChI is InChI=1S/C15H27N5S/c1-15(2,21-6)11-19-14(16-3)18-10-12-7-8-17-13(9-12)20(4)5/h7-9H,10-11H2,1-6H3,(H2,16,18,19). The molecule has 0 unspecified atom stereocenters. The largest absolute Gasteiger partial charge is 0.363 e. The van der Waals surface area contributed by atoms with Crippen molar-refractivity contribution >= 4 is 23.5 Å². The Bertz CT molecular complexity index is 471. The molecule has 5 nitrogen and oxygen atoms in total. The molecule has 0 aliphatic heterocycles. The van der Waals surface area contributed by atoms with Crippen LogP contribution in [0.2, 0.25) is 0 Å². The summed E-state index contributed by atoms with van der Waals surface area (Å²) in [5.74, 6) is 1.78. The molecule has 0 saturated carbocycles. The van der Waals surface area contributed by atoms with Gasteiger partial charge >= 0.3 is 0 Å². The van der Waals surface area contributed by atoms with Crippen LogP contribution in [0.3, 0.4) is 0 Å². The zero-order chi connectivity index (χ0) is 15.9. The van der Waals surface area contributed by atoms with Crippen LogP contribution in [0.15, 0.2) is 23.3 Å². The van der Waals surface area contributed by atoms with E-state index in [9.17, 15) is 0 Å². The van der Waals surface area contributed by atoms with Gasteiger partial charge in [-0.2, -0.15) is 11.8 Å². The Morgan fingerprint density at radius 1 is 1.38 bits per heavy atom. The smallest absolute Gasteiger partial charge is 0.191 e. The molecule has 0 aliphatic rings. The van der Waals surface area contributed by atoms with E-state index < -0.39 is 0 Å². The van der Waals surface area contributed by atoms with Crippen molar-refractivity contribution in [2.75, 3.05) is 38.8 Å². The number of anilines is 1. The van der Waals surface area contributed by atoms with E-state index >= 15 is 0 Å². The second-order valence-corrected chi connectivity index (χ2v) is 7.17. The van der Waals surface area contributed by atoms with Gasteiger partial charge in [0.15, 0.2) is 5.96 Å². The monoisotopic (exact) mass is 309 g/mol. The van der Waals surface area contributed by atoms with Crippen molar-refractivity contribution in [2.24, 2.45) is 4.99 Å². The van der Waals surface area contributed by atoms with E-state index in [1.54, 1.807) is 7.05 Å². The number of nitrogens with zero attached hydrogens (tertiary/aromatic N) is 3. The molecule has 0 aromatic carbocycles. The van der Waals surface area contributed by atoms with Crippen molar-refractivity contribution in [1.82, 2.24) is 15.6 Å². The van der Waals surface area contributed by atoms with Crippen LogP contribution in [0.5, 0.6) is 0 Å². The molecule has 1 aromatic heterocycles. The Labute approximate surface area is 132 Å². The SMILES string of the molecule is CN=C(NCc1ccnc(N(C)C)c1)NCC(C)(C)SC. The lowest BCUT2D eigenvalue weighted by Gasteiger charge is -2.23. The molecular formula is C15H27N5S. The Kier molecular flexibility index (Phi) is 6.81. The molecule has 118 valence electrons. The third-order valence-electron chi connectivity index (χ3n) is 3.19. The highest BCUT2D eigenvalue weighted by molar-refractivity contribution is 7.99. The van der Waals surface area contributed by atoms with Crippen LogP contribution in [0.25, 0.3) is 0 Å². The molecule has 0 aliphatic carbocycles. The van der Waals surface area contributed by atoms with E-state index in [0.29, 0.717) is 0 Å². The molecule has 2 N–H and O–H groups in total. The summed E-state index contributed by atoms with van der Waals surface area (Å²) in [5, 5.41) is 6.69. The van der Waals surface area contributed by atoms with Gasteiger partial charge in [0, 0.05) is 45.2 Å². The maximum atomic E-state index is 4.32. The predicted molar refractivity (Wildman–Crippen MR) is 94.4 cm³/mol. The zero-order valence-electron chi connectivity index (χ0n) is 13.9. The van der Waals surface area contributed by atoms with Gasteiger partial charge in [0.25, 0.3) is 0 Å². The molecule has 0 saturated heterocycles. The number of hydrogen-bond donors (Lipinski definition) is 2. The summed E-state index contributed by atoms with van der Waals surface area (Å²) >= 11 is 1.84. The number of guanidine groups is 1. The summed E-state index contributed by atoms with van der Waals surface area (Å²) in [6.07, 6.45) is 3.96.